The lowest BCUT2D eigenvalue weighted by Gasteiger charge is -2.32. The number of aromatic nitrogens is 2. The van der Waals surface area contributed by atoms with Crippen molar-refractivity contribution in [3.8, 4) is 5.88 Å². The number of hydrogen-bond donors (Lipinski definition) is 0. The monoisotopic (exact) mass is 892 g/mol. The van der Waals surface area contributed by atoms with Gasteiger partial charge in [0.25, 0.3) is 0 Å². The lowest BCUT2D eigenvalue weighted by Crippen LogP contribution is -2.41. The summed E-state index contributed by atoms with van der Waals surface area (Å²) in [4.78, 5) is 35.2. The molecule has 0 radical (unpaired) electrons. The Balaban J connectivity index is 0.000000184. The van der Waals surface area contributed by atoms with Gasteiger partial charge in [0.1, 0.15) is 0 Å². The lowest BCUT2D eigenvalue weighted by molar-refractivity contribution is -0.135. The SMILES string of the molecule is COC(=O)/C=C/B1OC(C)(C)C(C)(C)O1.COC(=O)/C=C/c1ccc2c(n1)CN(Cc1ccccc1)CC2.O=S(=O)(Oc1ccc2c(n1)CN(Cc1ccccc1)CC2)C(F)(F)F. The molecule has 1 fully saturated rings. The minimum absolute atomic E-state index is 0.366. The number of carbonyl (C=O) groups is 2. The molecule has 2 aromatic heterocycles. The molecule has 3 aliphatic heterocycles. The molecule has 0 N–H and O–H groups in total. The molecule has 2 aromatic carbocycles. The first-order valence-electron chi connectivity index (χ1n) is 20.2. The molecule has 0 atom stereocenters. The van der Waals surface area contributed by atoms with Crippen LogP contribution in [-0.4, -0.2) is 91.3 Å². The third kappa shape index (κ3) is 14.0. The third-order valence-corrected chi connectivity index (χ3v) is 11.7. The molecule has 0 bridgehead atoms. The molecule has 336 valence electrons. The van der Waals surface area contributed by atoms with Crippen molar-refractivity contribution >= 4 is 35.3 Å². The van der Waals surface area contributed by atoms with Crippen molar-refractivity contribution in [3.63, 3.8) is 0 Å². The number of carbonyl (C=O) groups excluding carboxylic acids is 2. The molecule has 63 heavy (non-hydrogen) atoms. The molecule has 4 aromatic rings. The van der Waals surface area contributed by atoms with Gasteiger partial charge in [0, 0.05) is 57.5 Å². The van der Waals surface area contributed by atoms with Gasteiger partial charge in [-0.1, -0.05) is 72.8 Å². The highest BCUT2D eigenvalue weighted by molar-refractivity contribution is 7.87. The van der Waals surface area contributed by atoms with Crippen LogP contribution in [0.15, 0.2) is 103 Å². The lowest BCUT2D eigenvalue weighted by atomic mass is 9.90. The molecule has 0 amide bonds. The number of methoxy groups -OCH3 is 2. The molecule has 0 aliphatic carbocycles. The first-order valence-corrected chi connectivity index (χ1v) is 21.6. The smallest absolute Gasteiger partial charge is 0.466 e. The van der Waals surface area contributed by atoms with Crippen LogP contribution < -0.4 is 4.18 Å². The van der Waals surface area contributed by atoms with Crippen LogP contribution in [0, 0.1) is 0 Å². The zero-order valence-electron chi connectivity index (χ0n) is 36.1. The zero-order chi connectivity index (χ0) is 45.8. The van der Waals surface area contributed by atoms with E-state index in [9.17, 15) is 31.2 Å². The number of nitrogens with zero attached hydrogens (tertiary/aromatic N) is 4. The highest BCUT2D eigenvalue weighted by Crippen LogP contribution is 2.37. The summed E-state index contributed by atoms with van der Waals surface area (Å²) in [6.07, 6.45) is 6.10. The molecule has 0 spiro atoms. The van der Waals surface area contributed by atoms with Crippen molar-refractivity contribution in [3.05, 3.63) is 142 Å². The van der Waals surface area contributed by atoms with Crippen molar-refractivity contribution in [1.82, 2.24) is 19.8 Å². The number of halogens is 3. The highest BCUT2D eigenvalue weighted by atomic mass is 32.2. The van der Waals surface area contributed by atoms with E-state index in [1.54, 1.807) is 18.1 Å². The van der Waals surface area contributed by atoms with Gasteiger partial charge in [0.15, 0.2) is 0 Å². The Kier molecular flexibility index (Phi) is 16.5. The first kappa shape index (κ1) is 48.6. The van der Waals surface area contributed by atoms with Crippen LogP contribution in [0.3, 0.4) is 0 Å². The molecule has 0 unspecified atom stereocenters. The quantitative estimate of drug-likeness (QED) is 0.0528. The van der Waals surface area contributed by atoms with Gasteiger partial charge in [-0.3, -0.25) is 14.8 Å². The van der Waals surface area contributed by atoms with Gasteiger partial charge in [0.05, 0.1) is 42.5 Å². The number of pyridine rings is 2. The van der Waals surface area contributed by atoms with Crippen molar-refractivity contribution in [2.24, 2.45) is 0 Å². The topological polar surface area (TPSA) is 147 Å². The van der Waals surface area contributed by atoms with Crippen LogP contribution in [0.2, 0.25) is 0 Å². The van der Waals surface area contributed by atoms with E-state index < -0.39 is 34.6 Å². The second-order valence-corrected chi connectivity index (χ2v) is 17.4. The summed E-state index contributed by atoms with van der Waals surface area (Å²) in [6.45, 7) is 12.5. The van der Waals surface area contributed by atoms with Gasteiger partial charge in [-0.25, -0.2) is 14.6 Å². The highest BCUT2D eigenvalue weighted by Gasteiger charge is 2.50. The molecular formula is C45H52BF3N4O9S. The van der Waals surface area contributed by atoms with E-state index in [0.717, 1.165) is 61.2 Å². The summed E-state index contributed by atoms with van der Waals surface area (Å²) in [5.74, 6) is 0.208. The Morgan fingerprint density at radius 3 is 1.70 bits per heavy atom. The predicted molar refractivity (Wildman–Crippen MR) is 231 cm³/mol. The maximum Gasteiger partial charge on any atom is 0.534 e. The van der Waals surface area contributed by atoms with Gasteiger partial charge < -0.3 is 23.0 Å². The van der Waals surface area contributed by atoms with E-state index in [-0.39, 0.29) is 17.2 Å². The number of esters is 2. The average Bonchev–Trinajstić information content (AvgIpc) is 3.46. The molecule has 5 heterocycles. The number of ether oxygens (including phenoxy) is 2. The van der Waals surface area contributed by atoms with Gasteiger partial charge in [0.2, 0.25) is 5.88 Å². The molecule has 1 saturated heterocycles. The van der Waals surface area contributed by atoms with E-state index in [2.05, 4.69) is 63.8 Å². The van der Waals surface area contributed by atoms with Crippen molar-refractivity contribution in [1.29, 1.82) is 0 Å². The van der Waals surface area contributed by atoms with Crippen LogP contribution in [0.25, 0.3) is 6.08 Å². The summed E-state index contributed by atoms with van der Waals surface area (Å²) in [5.41, 5.74) is 0.772. The standard InChI is InChI=1S/C19H20N2O2.C16H15F3N2O3S.C10H17BO4/c1-23-19(22)10-9-17-8-7-16-11-12-21(14-18(16)20-17)13-15-5-3-2-4-6-15;17-16(18,19)25(22,23)24-15-7-6-13-8-9-21(11-14(13)20-15)10-12-4-2-1-3-5-12;1-9(2)10(3,4)15-11(14-9)7-6-8(12)13-5/h2-10H,11-14H2,1H3;1-7H,8-11H2;6-7H,1-5H3/b10-9+;;7-6+. The fourth-order valence-corrected chi connectivity index (χ4v) is 7.00. The van der Waals surface area contributed by atoms with Crippen molar-refractivity contribution in [2.75, 3.05) is 27.3 Å². The Hall–Kier alpha value is -5.40. The van der Waals surface area contributed by atoms with E-state index in [0.29, 0.717) is 25.2 Å². The molecule has 0 saturated carbocycles. The van der Waals surface area contributed by atoms with Gasteiger partial charge in [-0.2, -0.15) is 21.6 Å². The number of fused-ring (bicyclic) bond motifs is 2. The molecular weight excluding hydrogens is 840 g/mol. The molecule has 7 rings (SSSR count). The summed E-state index contributed by atoms with van der Waals surface area (Å²) in [7, 11) is -3.51. The Bertz CT molecular complexity index is 2330. The fourth-order valence-electron chi connectivity index (χ4n) is 6.59. The van der Waals surface area contributed by atoms with Crippen LogP contribution in [0.4, 0.5) is 13.2 Å². The van der Waals surface area contributed by atoms with Gasteiger partial charge in [-0.15, -0.1) is 0 Å². The van der Waals surface area contributed by atoms with Crippen LogP contribution in [0.1, 0.15) is 67.0 Å². The largest absolute Gasteiger partial charge is 0.534 e. The average molecular weight is 893 g/mol. The number of alkyl halides is 3. The van der Waals surface area contributed by atoms with Crippen molar-refractivity contribution in [2.45, 2.75) is 83.4 Å². The number of hydrogen-bond acceptors (Lipinski definition) is 13. The maximum atomic E-state index is 12.4. The Morgan fingerprint density at radius 1 is 0.730 bits per heavy atom. The van der Waals surface area contributed by atoms with E-state index in [4.69, 9.17) is 9.31 Å². The second-order valence-electron chi connectivity index (χ2n) is 15.8. The first-order chi connectivity index (χ1) is 29.8. The van der Waals surface area contributed by atoms with Crippen LogP contribution in [-0.2, 0) is 77.5 Å². The summed E-state index contributed by atoms with van der Waals surface area (Å²) >= 11 is 0. The van der Waals surface area contributed by atoms with Gasteiger partial charge in [-0.05, 0) is 80.9 Å². The second kappa shape index (κ2) is 21.3. The minimum Gasteiger partial charge on any atom is -0.466 e. The van der Waals surface area contributed by atoms with Crippen molar-refractivity contribution < 1.29 is 54.1 Å². The zero-order valence-corrected chi connectivity index (χ0v) is 36.9. The third-order valence-electron chi connectivity index (χ3n) is 10.7. The number of benzene rings is 2. The van der Waals surface area contributed by atoms with E-state index >= 15 is 0 Å². The van der Waals surface area contributed by atoms with E-state index in [1.807, 2.05) is 70.2 Å². The summed E-state index contributed by atoms with van der Waals surface area (Å²) in [6, 6.07) is 27.0. The number of rotatable bonds is 10. The maximum absolute atomic E-state index is 12.4. The minimum atomic E-state index is -5.72. The molecule has 13 nitrogen and oxygen atoms in total. The van der Waals surface area contributed by atoms with E-state index in [1.165, 1.54) is 37.5 Å². The predicted octanol–water partition coefficient (Wildman–Crippen LogP) is 7.04. The molecule has 18 heteroatoms. The normalized spacial score (nSPS) is 17.1. The summed E-state index contributed by atoms with van der Waals surface area (Å²) in [5, 5.41) is 0. The van der Waals surface area contributed by atoms with Crippen LogP contribution >= 0.6 is 0 Å². The summed E-state index contributed by atoms with van der Waals surface area (Å²) < 4.78 is 83.9. The fraction of sp³-hybridized carbons (Fsp3) is 0.378. The Morgan fingerprint density at radius 2 is 1.21 bits per heavy atom. The molecule has 3 aliphatic rings. The Labute approximate surface area is 367 Å². The van der Waals surface area contributed by atoms with Crippen LogP contribution in [0.5, 0.6) is 5.88 Å². The van der Waals surface area contributed by atoms with Gasteiger partial charge >= 0.3 is 34.7 Å².